The lowest BCUT2D eigenvalue weighted by Crippen LogP contribution is -2.35. The smallest absolute Gasteiger partial charge is 0.141 e. The minimum Gasteiger partial charge on any atom is -0.357 e. The molecular formula is C15H21NS2. The molecule has 0 spiro atoms. The van der Waals surface area contributed by atoms with E-state index in [1.807, 2.05) is 0 Å². The van der Waals surface area contributed by atoms with Gasteiger partial charge in [0.2, 0.25) is 0 Å². The molecule has 0 aromatic heterocycles. The van der Waals surface area contributed by atoms with Crippen molar-refractivity contribution < 1.29 is 0 Å². The lowest BCUT2D eigenvalue weighted by atomic mass is 9.95. The summed E-state index contributed by atoms with van der Waals surface area (Å²) >= 11 is 7.27. The summed E-state index contributed by atoms with van der Waals surface area (Å²) in [6.07, 6.45) is 6.69. The summed E-state index contributed by atoms with van der Waals surface area (Å²) in [6.45, 7) is 2.11. The van der Waals surface area contributed by atoms with Gasteiger partial charge in [0.1, 0.15) is 4.32 Å². The van der Waals surface area contributed by atoms with E-state index in [0.29, 0.717) is 6.04 Å². The second kappa shape index (κ2) is 6.58. The summed E-state index contributed by atoms with van der Waals surface area (Å²) in [6, 6.07) is 9.25. The van der Waals surface area contributed by atoms with Crippen LogP contribution in [0.5, 0.6) is 0 Å². The standard InChI is InChI=1S/C15H21NS2/c1-12-8-10-14(11-9-12)18-15(17)16(2)13-6-4-3-5-7-13/h8-11,13H,3-7H2,1-2H3. The maximum atomic E-state index is 5.56. The van der Waals surface area contributed by atoms with E-state index >= 15 is 0 Å². The average molecular weight is 279 g/mol. The molecule has 1 fully saturated rings. The van der Waals surface area contributed by atoms with Gasteiger partial charge in [-0.1, -0.05) is 60.9 Å². The molecule has 0 aliphatic heterocycles. The Morgan fingerprint density at radius 2 is 1.78 bits per heavy atom. The minimum absolute atomic E-state index is 0.657. The summed E-state index contributed by atoms with van der Waals surface area (Å²) in [4.78, 5) is 3.55. The van der Waals surface area contributed by atoms with Crippen LogP contribution in [0.3, 0.4) is 0 Å². The predicted octanol–water partition coefficient (Wildman–Crippen LogP) is 4.64. The van der Waals surface area contributed by atoms with Crippen molar-refractivity contribution in [3.05, 3.63) is 29.8 Å². The highest BCUT2D eigenvalue weighted by atomic mass is 32.2. The number of thioether (sulfide) groups is 1. The van der Waals surface area contributed by atoms with E-state index in [2.05, 4.69) is 43.1 Å². The number of benzene rings is 1. The fourth-order valence-corrected chi connectivity index (χ4v) is 3.60. The van der Waals surface area contributed by atoms with Gasteiger partial charge in [-0.2, -0.15) is 0 Å². The maximum absolute atomic E-state index is 5.56. The highest BCUT2D eigenvalue weighted by Crippen LogP contribution is 2.27. The molecule has 0 unspecified atom stereocenters. The third-order valence-corrected chi connectivity index (χ3v) is 5.15. The van der Waals surface area contributed by atoms with E-state index in [4.69, 9.17) is 12.2 Å². The first-order valence-electron chi connectivity index (χ1n) is 6.68. The number of rotatable bonds is 2. The van der Waals surface area contributed by atoms with Crippen molar-refractivity contribution in [3.8, 4) is 0 Å². The van der Waals surface area contributed by atoms with Crippen LogP contribution in [0.4, 0.5) is 0 Å². The van der Waals surface area contributed by atoms with Gasteiger partial charge in [0.25, 0.3) is 0 Å². The zero-order valence-electron chi connectivity index (χ0n) is 11.2. The van der Waals surface area contributed by atoms with Crippen molar-refractivity contribution in [1.29, 1.82) is 0 Å². The van der Waals surface area contributed by atoms with E-state index in [1.165, 1.54) is 42.6 Å². The molecule has 0 atom stereocenters. The van der Waals surface area contributed by atoms with Crippen molar-refractivity contribution in [2.75, 3.05) is 7.05 Å². The van der Waals surface area contributed by atoms with Crippen molar-refractivity contribution in [2.24, 2.45) is 0 Å². The fraction of sp³-hybridized carbons (Fsp3) is 0.533. The number of nitrogens with zero attached hydrogens (tertiary/aromatic N) is 1. The Hall–Kier alpha value is -0.540. The molecular weight excluding hydrogens is 258 g/mol. The molecule has 0 saturated heterocycles. The van der Waals surface area contributed by atoms with E-state index in [0.717, 1.165) is 4.32 Å². The first-order valence-corrected chi connectivity index (χ1v) is 7.90. The van der Waals surface area contributed by atoms with Crippen molar-refractivity contribution in [3.63, 3.8) is 0 Å². The lowest BCUT2D eigenvalue weighted by Gasteiger charge is -2.32. The van der Waals surface area contributed by atoms with E-state index in [9.17, 15) is 0 Å². The molecule has 0 radical (unpaired) electrons. The van der Waals surface area contributed by atoms with Gasteiger partial charge in [-0.15, -0.1) is 0 Å². The zero-order chi connectivity index (χ0) is 13.0. The second-order valence-electron chi connectivity index (χ2n) is 5.08. The van der Waals surface area contributed by atoms with Crippen molar-refractivity contribution >= 4 is 28.3 Å². The third kappa shape index (κ3) is 3.72. The summed E-state index contributed by atoms with van der Waals surface area (Å²) < 4.78 is 1.01. The number of hydrogen-bond donors (Lipinski definition) is 0. The van der Waals surface area contributed by atoms with Gasteiger partial charge in [-0.25, -0.2) is 0 Å². The molecule has 0 bridgehead atoms. The lowest BCUT2D eigenvalue weighted by molar-refractivity contribution is 0.285. The van der Waals surface area contributed by atoms with Gasteiger partial charge >= 0.3 is 0 Å². The molecule has 2 rings (SSSR count). The molecule has 98 valence electrons. The Labute approximate surface area is 120 Å². The topological polar surface area (TPSA) is 3.24 Å². The highest BCUT2D eigenvalue weighted by molar-refractivity contribution is 8.22. The van der Waals surface area contributed by atoms with Gasteiger partial charge in [0, 0.05) is 18.0 Å². The molecule has 1 aliphatic carbocycles. The first-order chi connectivity index (χ1) is 8.66. The Morgan fingerprint density at radius 1 is 1.17 bits per heavy atom. The molecule has 3 heteroatoms. The van der Waals surface area contributed by atoms with Crippen LogP contribution < -0.4 is 0 Å². The van der Waals surface area contributed by atoms with Gasteiger partial charge in [-0.3, -0.25) is 0 Å². The second-order valence-corrected chi connectivity index (χ2v) is 6.79. The summed E-state index contributed by atoms with van der Waals surface area (Å²) in [7, 11) is 2.15. The van der Waals surface area contributed by atoms with E-state index < -0.39 is 0 Å². The molecule has 18 heavy (non-hydrogen) atoms. The monoisotopic (exact) mass is 279 g/mol. The normalized spacial score (nSPS) is 16.6. The van der Waals surface area contributed by atoms with Gasteiger partial charge in [-0.05, 0) is 31.9 Å². The molecule has 1 saturated carbocycles. The van der Waals surface area contributed by atoms with Crippen LogP contribution in [0.1, 0.15) is 37.7 Å². The molecule has 1 aromatic rings. The van der Waals surface area contributed by atoms with Crippen molar-refractivity contribution in [1.82, 2.24) is 4.90 Å². The SMILES string of the molecule is Cc1ccc(SC(=S)N(C)C2CCCCC2)cc1. The van der Waals surface area contributed by atoms with E-state index in [1.54, 1.807) is 11.8 Å². The summed E-state index contributed by atoms with van der Waals surface area (Å²) in [5, 5.41) is 0. The number of hydrogen-bond acceptors (Lipinski definition) is 2. The molecule has 0 N–H and O–H groups in total. The fourth-order valence-electron chi connectivity index (χ4n) is 2.40. The summed E-state index contributed by atoms with van der Waals surface area (Å²) in [5.41, 5.74) is 1.30. The van der Waals surface area contributed by atoms with Crippen LogP contribution in [0.15, 0.2) is 29.2 Å². The molecule has 1 nitrogen and oxygen atoms in total. The van der Waals surface area contributed by atoms with Crippen LogP contribution in [0, 0.1) is 6.92 Å². The Bertz CT molecular complexity index is 393. The first kappa shape index (κ1) is 13.9. The van der Waals surface area contributed by atoms with Crippen LogP contribution in [0.25, 0.3) is 0 Å². The van der Waals surface area contributed by atoms with Crippen LogP contribution in [-0.4, -0.2) is 22.3 Å². The van der Waals surface area contributed by atoms with Gasteiger partial charge < -0.3 is 4.90 Å². The number of thiocarbonyl (C=S) groups is 1. The third-order valence-electron chi connectivity index (χ3n) is 3.64. The average Bonchev–Trinajstić information content (AvgIpc) is 2.41. The summed E-state index contributed by atoms with van der Waals surface area (Å²) in [5.74, 6) is 0. The van der Waals surface area contributed by atoms with Crippen LogP contribution in [0.2, 0.25) is 0 Å². The Morgan fingerprint density at radius 3 is 2.39 bits per heavy atom. The van der Waals surface area contributed by atoms with Gasteiger partial charge in [0.15, 0.2) is 0 Å². The molecule has 0 amide bonds. The molecule has 1 aromatic carbocycles. The molecule has 0 heterocycles. The molecule has 1 aliphatic rings. The maximum Gasteiger partial charge on any atom is 0.141 e. The Balaban J connectivity index is 1.92. The van der Waals surface area contributed by atoms with Crippen molar-refractivity contribution in [2.45, 2.75) is 50.0 Å². The quantitative estimate of drug-likeness (QED) is 0.573. The highest BCUT2D eigenvalue weighted by Gasteiger charge is 2.20. The number of aryl methyl sites for hydroxylation is 1. The Kier molecular flexibility index (Phi) is 5.07. The van der Waals surface area contributed by atoms with Gasteiger partial charge in [0.05, 0.1) is 0 Å². The van der Waals surface area contributed by atoms with E-state index in [-0.39, 0.29) is 0 Å². The van der Waals surface area contributed by atoms with Crippen LogP contribution >= 0.6 is 24.0 Å². The predicted molar refractivity (Wildman–Crippen MR) is 84.3 cm³/mol. The van der Waals surface area contributed by atoms with Crippen LogP contribution in [-0.2, 0) is 0 Å². The largest absolute Gasteiger partial charge is 0.357 e. The minimum atomic E-state index is 0.657. The zero-order valence-corrected chi connectivity index (χ0v) is 12.8.